The molecule has 0 aliphatic rings. The summed E-state index contributed by atoms with van der Waals surface area (Å²) < 4.78 is 6.78. The smallest absolute Gasteiger partial charge is 0.328 e. The first kappa shape index (κ1) is 12.1. The van der Waals surface area contributed by atoms with Crippen LogP contribution in [0, 0.1) is 0 Å². The molecule has 0 saturated carbocycles. The molecule has 0 bridgehead atoms. The summed E-state index contributed by atoms with van der Waals surface area (Å²) in [6.07, 6.45) is 1.57. The summed E-state index contributed by atoms with van der Waals surface area (Å²) in [6.45, 7) is 1.80. The second-order valence-corrected chi connectivity index (χ2v) is 3.81. The Kier molecular flexibility index (Phi) is 3.57. The number of para-hydroxylation sites is 1. The highest BCUT2D eigenvalue weighted by Crippen LogP contribution is 2.11. The van der Waals surface area contributed by atoms with Gasteiger partial charge in [0.1, 0.15) is 24.1 Å². The summed E-state index contributed by atoms with van der Waals surface area (Å²) in [7, 11) is 0. The maximum Gasteiger partial charge on any atom is 0.328 e. The van der Waals surface area contributed by atoms with Gasteiger partial charge < -0.3 is 9.84 Å². The SMILES string of the molecule is CC(C(=O)O)n1cc(COc2ccccc2)nn1. The number of hydrogen-bond donors (Lipinski definition) is 1. The number of ether oxygens (including phenoxy) is 1. The van der Waals surface area contributed by atoms with E-state index in [1.165, 1.54) is 4.68 Å². The van der Waals surface area contributed by atoms with Crippen LogP contribution in [0.4, 0.5) is 0 Å². The van der Waals surface area contributed by atoms with Gasteiger partial charge in [-0.1, -0.05) is 23.4 Å². The summed E-state index contributed by atoms with van der Waals surface area (Å²) in [4.78, 5) is 10.8. The van der Waals surface area contributed by atoms with E-state index in [1.807, 2.05) is 30.3 Å². The number of carboxylic acids is 1. The summed E-state index contributed by atoms with van der Waals surface area (Å²) in [5.74, 6) is -0.214. The van der Waals surface area contributed by atoms with E-state index in [-0.39, 0.29) is 6.61 Å². The first-order valence-corrected chi connectivity index (χ1v) is 5.48. The predicted molar refractivity (Wildman–Crippen MR) is 63.1 cm³/mol. The Morgan fingerprint density at radius 2 is 2.17 bits per heavy atom. The molecule has 6 heteroatoms. The second-order valence-electron chi connectivity index (χ2n) is 3.81. The number of aromatic nitrogens is 3. The van der Waals surface area contributed by atoms with Crippen LogP contribution in [0.5, 0.6) is 5.75 Å². The Balaban J connectivity index is 1.97. The van der Waals surface area contributed by atoms with E-state index in [4.69, 9.17) is 9.84 Å². The van der Waals surface area contributed by atoms with E-state index in [0.717, 1.165) is 5.75 Å². The largest absolute Gasteiger partial charge is 0.487 e. The maximum atomic E-state index is 10.8. The molecule has 1 aromatic heterocycles. The maximum absolute atomic E-state index is 10.8. The summed E-state index contributed by atoms with van der Waals surface area (Å²) in [5, 5.41) is 16.4. The summed E-state index contributed by atoms with van der Waals surface area (Å²) >= 11 is 0. The quantitative estimate of drug-likeness (QED) is 0.866. The third kappa shape index (κ3) is 2.85. The Labute approximate surface area is 104 Å². The van der Waals surface area contributed by atoms with Gasteiger partial charge >= 0.3 is 5.97 Å². The Bertz CT molecular complexity index is 524. The molecule has 2 rings (SSSR count). The highest BCUT2D eigenvalue weighted by molar-refractivity contribution is 5.71. The Morgan fingerprint density at radius 1 is 1.44 bits per heavy atom. The highest BCUT2D eigenvalue weighted by Gasteiger charge is 2.15. The Morgan fingerprint density at radius 3 is 2.83 bits per heavy atom. The first-order valence-electron chi connectivity index (χ1n) is 5.48. The van der Waals surface area contributed by atoms with Crippen LogP contribution in [0.25, 0.3) is 0 Å². The third-order valence-electron chi connectivity index (χ3n) is 2.44. The fourth-order valence-corrected chi connectivity index (χ4v) is 1.36. The average Bonchev–Trinajstić information content (AvgIpc) is 2.85. The molecular weight excluding hydrogens is 234 g/mol. The van der Waals surface area contributed by atoms with Crippen molar-refractivity contribution < 1.29 is 14.6 Å². The third-order valence-corrected chi connectivity index (χ3v) is 2.44. The molecule has 2 aromatic rings. The van der Waals surface area contributed by atoms with Gasteiger partial charge in [-0.15, -0.1) is 5.10 Å². The lowest BCUT2D eigenvalue weighted by Gasteiger charge is -2.04. The van der Waals surface area contributed by atoms with Crippen LogP contribution in [0.2, 0.25) is 0 Å². The van der Waals surface area contributed by atoms with Crippen LogP contribution in [0.15, 0.2) is 36.5 Å². The lowest BCUT2D eigenvalue weighted by Crippen LogP contribution is -2.15. The van der Waals surface area contributed by atoms with Gasteiger partial charge in [0.05, 0.1) is 6.20 Å². The van der Waals surface area contributed by atoms with Crippen LogP contribution < -0.4 is 4.74 Å². The zero-order chi connectivity index (χ0) is 13.0. The fraction of sp³-hybridized carbons (Fsp3) is 0.250. The molecule has 94 valence electrons. The number of benzene rings is 1. The number of carboxylic acid groups (broad SMARTS) is 1. The van der Waals surface area contributed by atoms with Gasteiger partial charge in [0.2, 0.25) is 0 Å². The van der Waals surface area contributed by atoms with E-state index in [2.05, 4.69) is 10.3 Å². The second kappa shape index (κ2) is 5.31. The number of nitrogens with zero attached hydrogens (tertiary/aromatic N) is 3. The molecule has 0 fully saturated rings. The normalized spacial score (nSPS) is 12.1. The monoisotopic (exact) mass is 247 g/mol. The van der Waals surface area contributed by atoms with E-state index >= 15 is 0 Å². The first-order chi connectivity index (χ1) is 8.66. The predicted octanol–water partition coefficient (Wildman–Crippen LogP) is 1.50. The molecule has 0 spiro atoms. The van der Waals surface area contributed by atoms with Crippen molar-refractivity contribution in [2.45, 2.75) is 19.6 Å². The summed E-state index contributed by atoms with van der Waals surface area (Å²) in [6, 6.07) is 8.59. The summed E-state index contributed by atoms with van der Waals surface area (Å²) in [5.41, 5.74) is 0.590. The highest BCUT2D eigenvalue weighted by atomic mass is 16.5. The van der Waals surface area contributed by atoms with Gasteiger partial charge in [-0.25, -0.2) is 9.48 Å². The zero-order valence-corrected chi connectivity index (χ0v) is 9.85. The van der Waals surface area contributed by atoms with Crippen LogP contribution in [0.3, 0.4) is 0 Å². The average molecular weight is 247 g/mol. The van der Waals surface area contributed by atoms with E-state index < -0.39 is 12.0 Å². The van der Waals surface area contributed by atoms with Crippen molar-refractivity contribution in [1.82, 2.24) is 15.0 Å². The Hall–Kier alpha value is -2.37. The minimum absolute atomic E-state index is 0.260. The lowest BCUT2D eigenvalue weighted by atomic mass is 10.3. The molecule has 0 radical (unpaired) electrons. The van der Waals surface area contributed by atoms with Crippen LogP contribution >= 0.6 is 0 Å². The van der Waals surface area contributed by atoms with Gasteiger partial charge in [-0.05, 0) is 19.1 Å². The van der Waals surface area contributed by atoms with Crippen molar-refractivity contribution >= 4 is 5.97 Å². The van der Waals surface area contributed by atoms with Crippen LogP contribution in [-0.4, -0.2) is 26.1 Å². The number of hydrogen-bond acceptors (Lipinski definition) is 4. The van der Waals surface area contributed by atoms with Gasteiger partial charge in [0.15, 0.2) is 0 Å². The molecular formula is C12H13N3O3. The molecule has 18 heavy (non-hydrogen) atoms. The molecule has 1 atom stereocenters. The van der Waals surface area contributed by atoms with Crippen molar-refractivity contribution in [2.75, 3.05) is 0 Å². The zero-order valence-electron chi connectivity index (χ0n) is 9.85. The van der Waals surface area contributed by atoms with Gasteiger partial charge in [0, 0.05) is 0 Å². The molecule has 1 unspecified atom stereocenters. The molecule has 0 aliphatic heterocycles. The molecule has 0 amide bonds. The number of carbonyl (C=O) groups is 1. The van der Waals surface area contributed by atoms with Crippen molar-refractivity contribution in [3.63, 3.8) is 0 Å². The van der Waals surface area contributed by atoms with Crippen molar-refractivity contribution in [1.29, 1.82) is 0 Å². The van der Waals surface area contributed by atoms with Crippen molar-refractivity contribution in [2.24, 2.45) is 0 Å². The standard InChI is InChI=1S/C12H13N3O3/c1-9(12(16)17)15-7-10(13-14-15)8-18-11-5-3-2-4-6-11/h2-7,9H,8H2,1H3,(H,16,17). The van der Waals surface area contributed by atoms with Gasteiger partial charge in [-0.2, -0.15) is 0 Å². The number of rotatable bonds is 5. The molecule has 6 nitrogen and oxygen atoms in total. The molecule has 1 aromatic carbocycles. The van der Waals surface area contributed by atoms with Crippen molar-refractivity contribution in [3.05, 3.63) is 42.2 Å². The topological polar surface area (TPSA) is 77.2 Å². The number of aliphatic carboxylic acids is 1. The molecule has 0 saturated heterocycles. The van der Waals surface area contributed by atoms with Crippen LogP contribution in [-0.2, 0) is 11.4 Å². The minimum Gasteiger partial charge on any atom is -0.487 e. The van der Waals surface area contributed by atoms with Gasteiger partial charge in [0.25, 0.3) is 0 Å². The molecule has 0 aliphatic carbocycles. The minimum atomic E-state index is -0.949. The lowest BCUT2D eigenvalue weighted by molar-refractivity contribution is -0.140. The van der Waals surface area contributed by atoms with Gasteiger partial charge in [-0.3, -0.25) is 0 Å². The fourth-order valence-electron chi connectivity index (χ4n) is 1.36. The van der Waals surface area contributed by atoms with Crippen LogP contribution in [0.1, 0.15) is 18.7 Å². The molecule has 1 heterocycles. The molecule has 1 N–H and O–H groups in total. The van der Waals surface area contributed by atoms with E-state index in [1.54, 1.807) is 13.1 Å². The van der Waals surface area contributed by atoms with E-state index in [0.29, 0.717) is 5.69 Å². The van der Waals surface area contributed by atoms with E-state index in [9.17, 15) is 4.79 Å². The van der Waals surface area contributed by atoms with Crippen molar-refractivity contribution in [3.8, 4) is 5.75 Å².